The predicted molar refractivity (Wildman–Crippen MR) is 90.6 cm³/mol. The van der Waals surface area contributed by atoms with E-state index in [0.29, 0.717) is 17.7 Å². The smallest absolute Gasteiger partial charge is 0.335 e. The first-order valence-corrected chi connectivity index (χ1v) is 7.49. The average Bonchev–Trinajstić information content (AvgIpc) is 2.62. The number of benzene rings is 1. The van der Waals surface area contributed by atoms with Gasteiger partial charge in [0.05, 0.1) is 11.1 Å². The first kappa shape index (κ1) is 16.3. The summed E-state index contributed by atoms with van der Waals surface area (Å²) in [5.74, 6) is -2.33. The lowest BCUT2D eigenvalue weighted by Crippen LogP contribution is -2.05. The molecule has 0 aliphatic rings. The van der Waals surface area contributed by atoms with Gasteiger partial charge in [-0.25, -0.2) is 9.59 Å². The van der Waals surface area contributed by atoms with Crippen LogP contribution in [0, 0.1) is 0 Å². The van der Waals surface area contributed by atoms with E-state index in [1.54, 1.807) is 18.6 Å². The van der Waals surface area contributed by atoms with Crippen molar-refractivity contribution in [3.63, 3.8) is 0 Å². The fourth-order valence-corrected chi connectivity index (χ4v) is 2.55. The van der Waals surface area contributed by atoms with Crippen LogP contribution in [0.25, 0.3) is 11.1 Å². The Morgan fingerprint density at radius 1 is 0.800 bits per heavy atom. The predicted octanol–water partition coefficient (Wildman–Crippen LogP) is 3.13. The van der Waals surface area contributed by atoms with E-state index in [4.69, 9.17) is 10.2 Å². The highest BCUT2D eigenvalue weighted by atomic mass is 16.4. The van der Waals surface area contributed by atoms with Crippen molar-refractivity contribution in [1.82, 2.24) is 9.97 Å². The molecule has 0 atom stereocenters. The number of rotatable bonds is 5. The maximum Gasteiger partial charge on any atom is 0.335 e. The number of aromatic carboxylic acids is 2. The molecular formula is C19H14N2O4. The van der Waals surface area contributed by atoms with Crippen LogP contribution in [-0.2, 0) is 6.42 Å². The largest absolute Gasteiger partial charge is 0.478 e. The summed E-state index contributed by atoms with van der Waals surface area (Å²) >= 11 is 0. The van der Waals surface area contributed by atoms with Gasteiger partial charge in [-0.1, -0.05) is 0 Å². The molecule has 0 fully saturated rings. The molecule has 0 spiro atoms. The van der Waals surface area contributed by atoms with E-state index in [0.717, 1.165) is 17.2 Å². The molecule has 0 amide bonds. The first-order chi connectivity index (χ1) is 12.0. The van der Waals surface area contributed by atoms with Crippen molar-refractivity contribution in [2.75, 3.05) is 0 Å². The van der Waals surface area contributed by atoms with Crippen LogP contribution in [0.3, 0.4) is 0 Å². The molecule has 2 N–H and O–H groups in total. The van der Waals surface area contributed by atoms with Crippen molar-refractivity contribution in [2.24, 2.45) is 0 Å². The zero-order valence-electron chi connectivity index (χ0n) is 13.1. The molecule has 0 aliphatic carbocycles. The van der Waals surface area contributed by atoms with Gasteiger partial charge in [-0.3, -0.25) is 9.97 Å². The van der Waals surface area contributed by atoms with Gasteiger partial charge in [0.1, 0.15) is 0 Å². The quantitative estimate of drug-likeness (QED) is 0.743. The van der Waals surface area contributed by atoms with Gasteiger partial charge < -0.3 is 10.2 Å². The second-order valence-corrected chi connectivity index (χ2v) is 5.48. The van der Waals surface area contributed by atoms with Crippen LogP contribution in [-0.4, -0.2) is 32.1 Å². The second-order valence-electron chi connectivity index (χ2n) is 5.48. The normalized spacial score (nSPS) is 10.4. The van der Waals surface area contributed by atoms with E-state index in [9.17, 15) is 9.59 Å². The molecule has 6 nitrogen and oxygen atoms in total. The Kier molecular flexibility index (Phi) is 4.52. The fraction of sp³-hybridized carbons (Fsp3) is 0.0526. The van der Waals surface area contributed by atoms with E-state index in [1.807, 2.05) is 24.3 Å². The van der Waals surface area contributed by atoms with Crippen LogP contribution in [0.4, 0.5) is 0 Å². The van der Waals surface area contributed by atoms with Crippen molar-refractivity contribution in [2.45, 2.75) is 6.42 Å². The number of carboxylic acids is 2. The van der Waals surface area contributed by atoms with Crippen molar-refractivity contribution >= 4 is 11.9 Å². The Morgan fingerprint density at radius 2 is 1.40 bits per heavy atom. The lowest BCUT2D eigenvalue weighted by atomic mass is 10.0. The van der Waals surface area contributed by atoms with E-state index in [-0.39, 0.29) is 11.1 Å². The standard InChI is InChI=1S/C19H14N2O4/c22-18(23)15-7-12(8-16(10-15)19(24)25)9-17-11-14(3-6-21-17)13-1-4-20-5-2-13/h1-8,10-11H,9H2,(H,22,23)(H,24,25). The molecule has 0 bridgehead atoms. The minimum absolute atomic E-state index is 0.0554. The van der Waals surface area contributed by atoms with Crippen molar-refractivity contribution in [1.29, 1.82) is 0 Å². The molecule has 6 heteroatoms. The molecule has 0 saturated heterocycles. The van der Waals surface area contributed by atoms with Gasteiger partial charge in [-0.2, -0.15) is 0 Å². The second kappa shape index (κ2) is 6.92. The zero-order chi connectivity index (χ0) is 17.8. The van der Waals surface area contributed by atoms with Gasteiger partial charge >= 0.3 is 11.9 Å². The fourth-order valence-electron chi connectivity index (χ4n) is 2.55. The van der Waals surface area contributed by atoms with Gasteiger partial charge in [0, 0.05) is 30.7 Å². The molecule has 0 saturated carbocycles. The Labute approximate surface area is 143 Å². The van der Waals surface area contributed by atoms with E-state index in [1.165, 1.54) is 12.1 Å². The number of pyridine rings is 2. The van der Waals surface area contributed by atoms with Crippen molar-refractivity contribution in [3.05, 3.63) is 83.4 Å². The third-order valence-corrected chi connectivity index (χ3v) is 3.70. The highest BCUT2D eigenvalue weighted by Crippen LogP contribution is 2.20. The molecular weight excluding hydrogens is 320 g/mol. The Bertz CT molecular complexity index is 907. The van der Waals surface area contributed by atoms with Crippen LogP contribution in [0.1, 0.15) is 32.0 Å². The molecule has 124 valence electrons. The van der Waals surface area contributed by atoms with Crippen LogP contribution in [0.2, 0.25) is 0 Å². The summed E-state index contributed by atoms with van der Waals surface area (Å²) in [5, 5.41) is 18.3. The SMILES string of the molecule is O=C(O)c1cc(Cc2cc(-c3ccncc3)ccn2)cc(C(=O)O)c1. The lowest BCUT2D eigenvalue weighted by Gasteiger charge is -2.07. The number of hydrogen-bond acceptors (Lipinski definition) is 4. The highest BCUT2D eigenvalue weighted by Gasteiger charge is 2.12. The number of carbonyl (C=O) groups is 2. The van der Waals surface area contributed by atoms with Gasteiger partial charge in [0.15, 0.2) is 0 Å². The van der Waals surface area contributed by atoms with Gasteiger partial charge in [0.2, 0.25) is 0 Å². The maximum absolute atomic E-state index is 11.2. The van der Waals surface area contributed by atoms with E-state index >= 15 is 0 Å². The number of carboxylic acid groups (broad SMARTS) is 2. The third-order valence-electron chi connectivity index (χ3n) is 3.70. The minimum Gasteiger partial charge on any atom is -0.478 e. The van der Waals surface area contributed by atoms with Crippen molar-refractivity contribution < 1.29 is 19.8 Å². The molecule has 0 aliphatic heterocycles. The Balaban J connectivity index is 1.95. The van der Waals surface area contributed by atoms with Gasteiger partial charge in [-0.15, -0.1) is 0 Å². The molecule has 25 heavy (non-hydrogen) atoms. The molecule has 2 aromatic heterocycles. The topological polar surface area (TPSA) is 100 Å². The first-order valence-electron chi connectivity index (χ1n) is 7.49. The van der Waals surface area contributed by atoms with E-state index in [2.05, 4.69) is 9.97 Å². The number of nitrogens with zero attached hydrogens (tertiary/aromatic N) is 2. The summed E-state index contributed by atoms with van der Waals surface area (Å²) < 4.78 is 0. The summed E-state index contributed by atoms with van der Waals surface area (Å²) in [7, 11) is 0. The third kappa shape index (κ3) is 3.87. The Morgan fingerprint density at radius 3 is 2.00 bits per heavy atom. The number of hydrogen-bond donors (Lipinski definition) is 2. The zero-order valence-corrected chi connectivity index (χ0v) is 13.1. The monoisotopic (exact) mass is 334 g/mol. The average molecular weight is 334 g/mol. The molecule has 3 rings (SSSR count). The summed E-state index contributed by atoms with van der Waals surface area (Å²) in [5.41, 5.74) is 3.13. The van der Waals surface area contributed by atoms with E-state index < -0.39 is 11.9 Å². The lowest BCUT2D eigenvalue weighted by molar-refractivity contribution is 0.0696. The molecule has 0 radical (unpaired) electrons. The van der Waals surface area contributed by atoms with Crippen LogP contribution >= 0.6 is 0 Å². The highest BCUT2D eigenvalue weighted by molar-refractivity contribution is 5.94. The van der Waals surface area contributed by atoms with Gasteiger partial charge in [0.25, 0.3) is 0 Å². The van der Waals surface area contributed by atoms with Crippen LogP contribution < -0.4 is 0 Å². The van der Waals surface area contributed by atoms with Crippen LogP contribution in [0.15, 0.2) is 61.1 Å². The summed E-state index contributed by atoms with van der Waals surface area (Å²) in [6.45, 7) is 0. The summed E-state index contributed by atoms with van der Waals surface area (Å²) in [4.78, 5) is 30.7. The van der Waals surface area contributed by atoms with Crippen molar-refractivity contribution in [3.8, 4) is 11.1 Å². The van der Waals surface area contributed by atoms with Crippen LogP contribution in [0.5, 0.6) is 0 Å². The number of aromatic nitrogens is 2. The molecule has 3 aromatic rings. The molecule has 1 aromatic carbocycles. The summed E-state index contributed by atoms with van der Waals surface area (Å²) in [6, 6.07) is 11.6. The summed E-state index contributed by atoms with van der Waals surface area (Å²) in [6.07, 6.45) is 5.40. The minimum atomic E-state index is -1.16. The van der Waals surface area contributed by atoms with Gasteiger partial charge in [-0.05, 0) is 59.2 Å². The maximum atomic E-state index is 11.2. The molecule has 0 unspecified atom stereocenters. The molecule has 2 heterocycles. The Hall–Kier alpha value is -3.54.